The van der Waals surface area contributed by atoms with Gasteiger partial charge in [0.25, 0.3) is 0 Å². The maximum absolute atomic E-state index is 10.5. The van der Waals surface area contributed by atoms with Crippen LogP contribution in [0.2, 0.25) is 0 Å². The molecule has 0 saturated heterocycles. The Kier molecular flexibility index (Phi) is 6.03. The fourth-order valence-corrected chi connectivity index (χ4v) is 1.99. The van der Waals surface area contributed by atoms with Crippen LogP contribution in [0.25, 0.3) is 6.08 Å². The summed E-state index contributed by atoms with van der Waals surface area (Å²) >= 11 is 3.36. The smallest absolute Gasteiger partial charge is 0.328 e. The summed E-state index contributed by atoms with van der Waals surface area (Å²) in [6.07, 6.45) is 2.61. The van der Waals surface area contributed by atoms with E-state index in [2.05, 4.69) is 15.9 Å². The van der Waals surface area contributed by atoms with Crippen molar-refractivity contribution in [2.75, 3.05) is 13.2 Å². The molecule has 1 N–H and O–H groups in total. The standard InChI is InChI=1S/C17H15BrO4/c18-14-5-7-15(8-6-14)21-10-11-22-16-3-1-2-13(12-16)4-9-17(19)20/h1-9,12H,10-11H2,(H,19,20). The van der Waals surface area contributed by atoms with E-state index in [1.165, 1.54) is 6.08 Å². The van der Waals surface area contributed by atoms with Crippen LogP contribution < -0.4 is 9.47 Å². The minimum atomic E-state index is -0.978. The Hall–Kier alpha value is -2.27. The number of carbonyl (C=O) groups is 1. The van der Waals surface area contributed by atoms with Crippen molar-refractivity contribution in [3.63, 3.8) is 0 Å². The first kappa shape index (κ1) is 16.1. The molecule has 5 heteroatoms. The predicted octanol–water partition coefficient (Wildman–Crippen LogP) is 4.00. The average Bonchev–Trinajstić information content (AvgIpc) is 2.52. The normalized spacial score (nSPS) is 10.6. The summed E-state index contributed by atoms with van der Waals surface area (Å²) in [6, 6.07) is 14.8. The zero-order valence-corrected chi connectivity index (χ0v) is 13.3. The molecule has 0 radical (unpaired) electrons. The Morgan fingerprint density at radius 3 is 2.41 bits per heavy atom. The third kappa shape index (κ3) is 5.61. The summed E-state index contributed by atoms with van der Waals surface area (Å²) in [7, 11) is 0. The van der Waals surface area contributed by atoms with Crippen molar-refractivity contribution in [3.05, 3.63) is 64.6 Å². The van der Waals surface area contributed by atoms with Crippen LogP contribution in [-0.2, 0) is 4.79 Å². The second-order valence-corrected chi connectivity index (χ2v) is 5.31. The van der Waals surface area contributed by atoms with Crippen molar-refractivity contribution in [2.45, 2.75) is 0 Å². The first-order valence-electron chi connectivity index (χ1n) is 6.66. The lowest BCUT2D eigenvalue weighted by molar-refractivity contribution is -0.131. The number of carboxylic acids is 1. The van der Waals surface area contributed by atoms with Gasteiger partial charge in [0.2, 0.25) is 0 Å². The maximum Gasteiger partial charge on any atom is 0.328 e. The molecule has 0 spiro atoms. The number of carboxylic acid groups (broad SMARTS) is 1. The van der Waals surface area contributed by atoms with Gasteiger partial charge in [0, 0.05) is 10.5 Å². The fraction of sp³-hybridized carbons (Fsp3) is 0.118. The first-order chi connectivity index (χ1) is 10.6. The lowest BCUT2D eigenvalue weighted by atomic mass is 10.2. The molecule has 114 valence electrons. The van der Waals surface area contributed by atoms with Gasteiger partial charge in [-0.1, -0.05) is 28.1 Å². The largest absolute Gasteiger partial charge is 0.490 e. The van der Waals surface area contributed by atoms with Crippen LogP contribution >= 0.6 is 15.9 Å². The van der Waals surface area contributed by atoms with Crippen LogP contribution in [0.15, 0.2) is 59.1 Å². The van der Waals surface area contributed by atoms with Crippen molar-refractivity contribution in [2.24, 2.45) is 0 Å². The van der Waals surface area contributed by atoms with Gasteiger partial charge < -0.3 is 14.6 Å². The van der Waals surface area contributed by atoms with E-state index in [0.29, 0.717) is 19.0 Å². The predicted molar refractivity (Wildman–Crippen MR) is 88.2 cm³/mol. The van der Waals surface area contributed by atoms with Gasteiger partial charge in [0.15, 0.2) is 0 Å². The zero-order chi connectivity index (χ0) is 15.8. The third-order valence-corrected chi connectivity index (χ3v) is 3.24. The van der Waals surface area contributed by atoms with Gasteiger partial charge in [-0.25, -0.2) is 4.79 Å². The molecule has 2 aromatic carbocycles. The summed E-state index contributed by atoms with van der Waals surface area (Å²) in [5, 5.41) is 8.61. The van der Waals surface area contributed by atoms with Crippen molar-refractivity contribution in [1.29, 1.82) is 0 Å². The van der Waals surface area contributed by atoms with Crippen LogP contribution in [0.3, 0.4) is 0 Å². The van der Waals surface area contributed by atoms with Gasteiger partial charge in [-0.2, -0.15) is 0 Å². The van der Waals surface area contributed by atoms with E-state index in [4.69, 9.17) is 14.6 Å². The summed E-state index contributed by atoms with van der Waals surface area (Å²) in [6.45, 7) is 0.832. The van der Waals surface area contributed by atoms with E-state index in [1.54, 1.807) is 6.07 Å². The number of aliphatic carboxylic acids is 1. The van der Waals surface area contributed by atoms with Crippen LogP contribution in [0.5, 0.6) is 11.5 Å². The monoisotopic (exact) mass is 362 g/mol. The number of ether oxygens (including phenoxy) is 2. The number of hydrogen-bond acceptors (Lipinski definition) is 3. The van der Waals surface area contributed by atoms with Gasteiger partial charge in [-0.15, -0.1) is 0 Å². The molecule has 2 aromatic rings. The molecule has 0 aromatic heterocycles. The minimum Gasteiger partial charge on any atom is -0.490 e. The van der Waals surface area contributed by atoms with Gasteiger partial charge in [0.05, 0.1) is 0 Å². The third-order valence-electron chi connectivity index (χ3n) is 2.71. The topological polar surface area (TPSA) is 55.8 Å². The molecule has 2 rings (SSSR count). The van der Waals surface area contributed by atoms with Gasteiger partial charge in [-0.3, -0.25) is 0 Å². The van der Waals surface area contributed by atoms with Crippen LogP contribution in [0.1, 0.15) is 5.56 Å². The second-order valence-electron chi connectivity index (χ2n) is 4.39. The van der Waals surface area contributed by atoms with E-state index in [1.807, 2.05) is 42.5 Å². The quantitative estimate of drug-likeness (QED) is 0.597. The number of rotatable bonds is 7. The summed E-state index contributed by atoms with van der Waals surface area (Å²) in [4.78, 5) is 10.5. The Labute approximate surface area is 137 Å². The lowest BCUT2D eigenvalue weighted by Gasteiger charge is -2.09. The summed E-state index contributed by atoms with van der Waals surface area (Å²) in [5.41, 5.74) is 0.772. The van der Waals surface area contributed by atoms with Crippen molar-refractivity contribution >= 4 is 28.0 Å². The van der Waals surface area contributed by atoms with Gasteiger partial charge in [0.1, 0.15) is 24.7 Å². The van der Waals surface area contributed by atoms with Crippen LogP contribution in [0.4, 0.5) is 0 Å². The van der Waals surface area contributed by atoms with E-state index in [-0.39, 0.29) is 0 Å². The highest BCUT2D eigenvalue weighted by Gasteiger charge is 1.97. The van der Waals surface area contributed by atoms with E-state index >= 15 is 0 Å². The molecule has 0 amide bonds. The Balaban J connectivity index is 1.80. The fourth-order valence-electron chi connectivity index (χ4n) is 1.73. The molecule has 4 nitrogen and oxygen atoms in total. The first-order valence-corrected chi connectivity index (χ1v) is 7.45. The van der Waals surface area contributed by atoms with E-state index in [0.717, 1.165) is 21.9 Å². The number of hydrogen-bond donors (Lipinski definition) is 1. The SMILES string of the molecule is O=C(O)C=Cc1cccc(OCCOc2ccc(Br)cc2)c1. The molecule has 22 heavy (non-hydrogen) atoms. The highest BCUT2D eigenvalue weighted by Crippen LogP contribution is 2.17. The highest BCUT2D eigenvalue weighted by atomic mass is 79.9. The number of halogens is 1. The Bertz CT molecular complexity index is 650. The molecule has 0 fully saturated rings. The lowest BCUT2D eigenvalue weighted by Crippen LogP contribution is -2.08. The van der Waals surface area contributed by atoms with Crippen molar-refractivity contribution < 1.29 is 19.4 Å². The molecule has 0 unspecified atom stereocenters. The highest BCUT2D eigenvalue weighted by molar-refractivity contribution is 9.10. The molecule has 0 bridgehead atoms. The van der Waals surface area contributed by atoms with Gasteiger partial charge in [-0.05, 0) is 48.0 Å². The molecular formula is C17H15BrO4. The molecule has 0 saturated carbocycles. The van der Waals surface area contributed by atoms with E-state index < -0.39 is 5.97 Å². The van der Waals surface area contributed by atoms with Crippen LogP contribution in [0, 0.1) is 0 Å². The Morgan fingerprint density at radius 2 is 1.73 bits per heavy atom. The minimum absolute atomic E-state index is 0.405. The van der Waals surface area contributed by atoms with Gasteiger partial charge >= 0.3 is 5.97 Å². The van der Waals surface area contributed by atoms with Crippen molar-refractivity contribution in [3.8, 4) is 11.5 Å². The molecular weight excluding hydrogens is 348 g/mol. The molecule has 0 aliphatic carbocycles. The molecule has 0 heterocycles. The maximum atomic E-state index is 10.5. The summed E-state index contributed by atoms with van der Waals surface area (Å²) in [5.74, 6) is 0.478. The molecule has 0 aliphatic rings. The average molecular weight is 363 g/mol. The number of benzene rings is 2. The second kappa shape index (κ2) is 8.24. The summed E-state index contributed by atoms with van der Waals surface area (Å²) < 4.78 is 12.1. The van der Waals surface area contributed by atoms with E-state index in [9.17, 15) is 4.79 Å². The Morgan fingerprint density at radius 1 is 1.05 bits per heavy atom. The van der Waals surface area contributed by atoms with Crippen LogP contribution in [-0.4, -0.2) is 24.3 Å². The zero-order valence-electron chi connectivity index (χ0n) is 11.7. The van der Waals surface area contributed by atoms with Crippen molar-refractivity contribution in [1.82, 2.24) is 0 Å². The molecule has 0 aliphatic heterocycles. The molecule has 0 atom stereocenters.